The van der Waals surface area contributed by atoms with Crippen LogP contribution >= 0.6 is 11.6 Å². The lowest BCUT2D eigenvalue weighted by atomic mass is 10.2. The number of hydrogen-bond acceptors (Lipinski definition) is 5. The largest absolute Gasteiger partial charge is 0.277 e. The molecule has 3 heterocycles. The zero-order chi connectivity index (χ0) is 12.5. The van der Waals surface area contributed by atoms with Crippen LogP contribution < -0.4 is 0 Å². The van der Waals surface area contributed by atoms with Gasteiger partial charge in [-0.25, -0.2) is 4.98 Å². The molecule has 3 aromatic heterocycles. The highest BCUT2D eigenvalue weighted by molar-refractivity contribution is 6.32. The van der Waals surface area contributed by atoms with E-state index in [1.54, 1.807) is 28.9 Å². The molecule has 0 N–H and O–H groups in total. The molecule has 18 heavy (non-hydrogen) atoms. The molecular weight excluding hydrogens is 252 g/mol. The smallest absolute Gasteiger partial charge is 0.198 e. The van der Waals surface area contributed by atoms with E-state index in [1.165, 1.54) is 6.20 Å². The number of halogens is 1. The Morgan fingerprint density at radius 3 is 2.83 bits per heavy atom. The summed E-state index contributed by atoms with van der Waals surface area (Å²) in [4.78, 5) is 8.08. The van der Waals surface area contributed by atoms with Gasteiger partial charge in [-0.3, -0.25) is 9.38 Å². The van der Waals surface area contributed by atoms with Gasteiger partial charge in [-0.15, -0.1) is 10.2 Å². The summed E-state index contributed by atoms with van der Waals surface area (Å²) >= 11 is 5.91. The quantitative estimate of drug-likeness (QED) is 0.662. The predicted molar refractivity (Wildman–Crippen MR) is 63.7 cm³/mol. The number of hydrogen-bond donors (Lipinski definition) is 0. The molecule has 0 saturated heterocycles. The molecule has 0 unspecified atom stereocenters. The van der Waals surface area contributed by atoms with Gasteiger partial charge in [0.1, 0.15) is 11.8 Å². The SMILES string of the molecule is N#Cc1ccc(-c2nnc3c(Cl)nccn23)nc1. The summed E-state index contributed by atoms with van der Waals surface area (Å²) in [5, 5.41) is 17.0. The number of fused-ring (bicyclic) bond motifs is 1. The first-order valence-electron chi connectivity index (χ1n) is 5.01. The first kappa shape index (κ1) is 10.6. The molecule has 0 amide bonds. The third-order valence-corrected chi connectivity index (χ3v) is 2.67. The lowest BCUT2D eigenvalue weighted by molar-refractivity contribution is 1.08. The second-order valence-electron chi connectivity index (χ2n) is 3.48. The summed E-state index contributed by atoms with van der Waals surface area (Å²) in [6, 6.07) is 5.39. The van der Waals surface area contributed by atoms with E-state index in [9.17, 15) is 0 Å². The van der Waals surface area contributed by atoms with Crippen molar-refractivity contribution in [3.8, 4) is 17.6 Å². The fourth-order valence-electron chi connectivity index (χ4n) is 1.56. The van der Waals surface area contributed by atoms with Crippen molar-refractivity contribution in [1.29, 1.82) is 5.26 Å². The molecular formula is C11H5ClN6. The van der Waals surface area contributed by atoms with E-state index >= 15 is 0 Å². The minimum Gasteiger partial charge on any atom is -0.277 e. The third-order valence-electron chi connectivity index (χ3n) is 2.41. The summed E-state index contributed by atoms with van der Waals surface area (Å²) in [6.07, 6.45) is 4.75. The molecule has 86 valence electrons. The van der Waals surface area contributed by atoms with E-state index in [4.69, 9.17) is 16.9 Å². The zero-order valence-corrected chi connectivity index (χ0v) is 9.70. The van der Waals surface area contributed by atoms with Gasteiger partial charge in [0.2, 0.25) is 0 Å². The molecule has 7 heteroatoms. The molecule has 0 fully saturated rings. The van der Waals surface area contributed by atoms with Crippen molar-refractivity contribution in [3.05, 3.63) is 41.4 Å². The minimum absolute atomic E-state index is 0.282. The molecule has 0 aliphatic rings. The summed E-state index contributed by atoms with van der Waals surface area (Å²) in [5.41, 5.74) is 1.58. The molecule has 0 bridgehead atoms. The van der Waals surface area contributed by atoms with E-state index in [0.717, 1.165) is 0 Å². The van der Waals surface area contributed by atoms with Crippen LogP contribution in [-0.2, 0) is 0 Å². The molecule has 0 spiro atoms. The van der Waals surface area contributed by atoms with Crippen LogP contribution in [0.1, 0.15) is 5.56 Å². The highest BCUT2D eigenvalue weighted by Crippen LogP contribution is 2.19. The normalized spacial score (nSPS) is 10.4. The molecule has 0 saturated carbocycles. The molecule has 3 rings (SSSR count). The maximum atomic E-state index is 8.72. The van der Waals surface area contributed by atoms with Crippen molar-refractivity contribution >= 4 is 17.2 Å². The van der Waals surface area contributed by atoms with Gasteiger partial charge in [-0.1, -0.05) is 11.6 Å². The van der Waals surface area contributed by atoms with Crippen molar-refractivity contribution in [2.24, 2.45) is 0 Å². The van der Waals surface area contributed by atoms with Gasteiger partial charge in [0.05, 0.1) is 5.56 Å². The van der Waals surface area contributed by atoms with Crippen LogP contribution in [-0.4, -0.2) is 24.6 Å². The fourth-order valence-corrected chi connectivity index (χ4v) is 1.75. The Bertz CT molecular complexity index is 755. The van der Waals surface area contributed by atoms with Crippen LogP contribution in [0.2, 0.25) is 5.15 Å². The van der Waals surface area contributed by atoms with Crippen LogP contribution in [0.15, 0.2) is 30.7 Å². The van der Waals surface area contributed by atoms with Crippen LogP contribution in [0, 0.1) is 11.3 Å². The van der Waals surface area contributed by atoms with Gasteiger partial charge in [0.25, 0.3) is 0 Å². The zero-order valence-electron chi connectivity index (χ0n) is 8.95. The maximum absolute atomic E-state index is 8.72. The topological polar surface area (TPSA) is 79.8 Å². The predicted octanol–water partition coefficient (Wildman–Crippen LogP) is 1.71. The van der Waals surface area contributed by atoms with E-state index < -0.39 is 0 Å². The molecule has 6 nitrogen and oxygen atoms in total. The number of nitrogens with zero attached hydrogens (tertiary/aromatic N) is 6. The van der Waals surface area contributed by atoms with Gasteiger partial charge in [-0.05, 0) is 12.1 Å². The summed E-state index contributed by atoms with van der Waals surface area (Å²) in [6.45, 7) is 0. The second kappa shape index (κ2) is 4.05. The van der Waals surface area contributed by atoms with Crippen LogP contribution in [0.25, 0.3) is 17.2 Å². The van der Waals surface area contributed by atoms with Gasteiger partial charge in [0.15, 0.2) is 16.6 Å². The lowest BCUT2D eigenvalue weighted by Crippen LogP contribution is -1.93. The summed E-state index contributed by atoms with van der Waals surface area (Å²) < 4.78 is 1.70. The monoisotopic (exact) mass is 256 g/mol. The average molecular weight is 257 g/mol. The third kappa shape index (κ3) is 1.58. The molecule has 0 aliphatic carbocycles. The molecule has 3 aromatic rings. The summed E-state index contributed by atoms with van der Waals surface area (Å²) in [5.74, 6) is 0.554. The first-order valence-corrected chi connectivity index (χ1v) is 5.39. The minimum atomic E-state index is 0.282. The van der Waals surface area contributed by atoms with E-state index in [-0.39, 0.29) is 5.15 Å². The Kier molecular flexibility index (Phi) is 2.39. The molecule has 0 atom stereocenters. The van der Waals surface area contributed by atoms with Crippen molar-refractivity contribution < 1.29 is 0 Å². The lowest BCUT2D eigenvalue weighted by Gasteiger charge is -1.99. The number of nitriles is 1. The van der Waals surface area contributed by atoms with E-state index in [2.05, 4.69) is 20.2 Å². The van der Waals surface area contributed by atoms with E-state index in [1.807, 2.05) is 6.07 Å². The highest BCUT2D eigenvalue weighted by atomic mass is 35.5. The fraction of sp³-hybridized carbons (Fsp3) is 0. The number of pyridine rings is 1. The van der Waals surface area contributed by atoms with Gasteiger partial charge >= 0.3 is 0 Å². The van der Waals surface area contributed by atoms with E-state index in [0.29, 0.717) is 22.7 Å². The Balaban J connectivity index is 2.20. The van der Waals surface area contributed by atoms with Crippen LogP contribution in [0.5, 0.6) is 0 Å². The van der Waals surface area contributed by atoms with Gasteiger partial charge in [-0.2, -0.15) is 5.26 Å². The van der Waals surface area contributed by atoms with Crippen LogP contribution in [0.3, 0.4) is 0 Å². The average Bonchev–Trinajstić information content (AvgIpc) is 2.84. The molecule has 0 aromatic carbocycles. The van der Waals surface area contributed by atoms with Crippen LogP contribution in [0.4, 0.5) is 0 Å². The maximum Gasteiger partial charge on any atom is 0.198 e. The number of rotatable bonds is 1. The molecule has 0 aliphatic heterocycles. The Morgan fingerprint density at radius 1 is 1.22 bits per heavy atom. The number of aromatic nitrogens is 5. The van der Waals surface area contributed by atoms with Crippen molar-refractivity contribution in [3.63, 3.8) is 0 Å². The van der Waals surface area contributed by atoms with Crippen molar-refractivity contribution in [2.75, 3.05) is 0 Å². The summed E-state index contributed by atoms with van der Waals surface area (Å²) in [7, 11) is 0. The van der Waals surface area contributed by atoms with Crippen molar-refractivity contribution in [1.82, 2.24) is 24.6 Å². The highest BCUT2D eigenvalue weighted by Gasteiger charge is 2.11. The van der Waals surface area contributed by atoms with Gasteiger partial charge in [0, 0.05) is 18.6 Å². The first-order chi connectivity index (χ1) is 8.79. The second-order valence-corrected chi connectivity index (χ2v) is 3.84. The Morgan fingerprint density at radius 2 is 2.11 bits per heavy atom. The standard InChI is InChI=1S/C11H5ClN6/c12-9-11-17-16-10(18(11)4-3-14-9)8-2-1-7(5-13)6-15-8/h1-4,6H. The molecule has 0 radical (unpaired) electrons. The van der Waals surface area contributed by atoms with Crippen molar-refractivity contribution in [2.45, 2.75) is 0 Å². The Hall–Kier alpha value is -2.52. The van der Waals surface area contributed by atoms with Gasteiger partial charge < -0.3 is 0 Å². The Labute approximate surface area is 107 Å².